The molecule has 1 aromatic rings. The lowest BCUT2D eigenvalue weighted by Crippen LogP contribution is -2.29. The van der Waals surface area contributed by atoms with Gasteiger partial charge in [-0.2, -0.15) is 0 Å². The molecule has 0 unspecified atom stereocenters. The molecule has 0 saturated carbocycles. The van der Waals surface area contributed by atoms with Gasteiger partial charge in [0, 0.05) is 19.6 Å². The van der Waals surface area contributed by atoms with E-state index in [2.05, 4.69) is 15.2 Å². The number of rotatable bonds is 2. The van der Waals surface area contributed by atoms with Crippen molar-refractivity contribution in [3.8, 4) is 0 Å². The van der Waals surface area contributed by atoms with Crippen LogP contribution in [0.1, 0.15) is 28.0 Å². The predicted octanol–water partition coefficient (Wildman–Crippen LogP) is 1.28. The van der Waals surface area contributed by atoms with Gasteiger partial charge in [0.2, 0.25) is 0 Å². The van der Waals surface area contributed by atoms with Crippen molar-refractivity contribution in [2.24, 2.45) is 0 Å². The highest BCUT2D eigenvalue weighted by molar-refractivity contribution is 5.92. The third-order valence-corrected chi connectivity index (χ3v) is 3.44. The summed E-state index contributed by atoms with van der Waals surface area (Å²) in [4.78, 5) is 18.5. The number of hydrogen-bond donors (Lipinski definition) is 1. The van der Waals surface area contributed by atoms with Gasteiger partial charge < -0.3 is 15.0 Å². The fourth-order valence-corrected chi connectivity index (χ4v) is 2.46. The van der Waals surface area contributed by atoms with Crippen LogP contribution in [0.15, 0.2) is 6.07 Å². The molecule has 0 radical (unpaired) electrons. The summed E-state index contributed by atoms with van der Waals surface area (Å²) < 4.78 is 4.80. The van der Waals surface area contributed by atoms with Crippen molar-refractivity contribution in [2.75, 3.05) is 38.2 Å². The molecular formula is C14H21N3O2. The van der Waals surface area contributed by atoms with Crippen molar-refractivity contribution in [3.05, 3.63) is 22.9 Å². The van der Waals surface area contributed by atoms with Gasteiger partial charge in [-0.25, -0.2) is 9.78 Å². The van der Waals surface area contributed by atoms with Crippen LogP contribution in [-0.4, -0.2) is 44.2 Å². The molecule has 5 heteroatoms. The lowest BCUT2D eigenvalue weighted by atomic mass is 10.1. The molecule has 5 nitrogen and oxygen atoms in total. The Morgan fingerprint density at radius 2 is 2.16 bits per heavy atom. The van der Waals surface area contributed by atoms with Gasteiger partial charge in [-0.1, -0.05) is 0 Å². The molecule has 2 heterocycles. The second-order valence-electron chi connectivity index (χ2n) is 4.84. The first-order valence-electron chi connectivity index (χ1n) is 6.65. The summed E-state index contributed by atoms with van der Waals surface area (Å²) in [5.74, 6) is 0.637. The minimum atomic E-state index is -0.313. The van der Waals surface area contributed by atoms with E-state index in [-0.39, 0.29) is 5.97 Å². The first-order chi connectivity index (χ1) is 9.13. The van der Waals surface area contributed by atoms with E-state index >= 15 is 0 Å². The van der Waals surface area contributed by atoms with E-state index in [1.165, 1.54) is 7.11 Å². The molecule has 104 valence electrons. The Hall–Kier alpha value is -1.62. The van der Waals surface area contributed by atoms with Crippen LogP contribution in [-0.2, 0) is 4.74 Å². The number of hydrogen-bond acceptors (Lipinski definition) is 5. The van der Waals surface area contributed by atoms with Crippen LogP contribution >= 0.6 is 0 Å². The summed E-state index contributed by atoms with van der Waals surface area (Å²) in [5, 5.41) is 3.37. The second kappa shape index (κ2) is 6.02. The number of aryl methyl sites for hydroxylation is 2. The maximum Gasteiger partial charge on any atom is 0.339 e. The van der Waals surface area contributed by atoms with Gasteiger partial charge in [-0.3, -0.25) is 0 Å². The van der Waals surface area contributed by atoms with Gasteiger partial charge in [0.15, 0.2) is 0 Å². The topological polar surface area (TPSA) is 54.5 Å². The average Bonchev–Trinajstić information content (AvgIpc) is 2.66. The number of nitrogens with one attached hydrogen (secondary N) is 1. The molecule has 1 aliphatic rings. The minimum Gasteiger partial charge on any atom is -0.465 e. The molecule has 0 atom stereocenters. The van der Waals surface area contributed by atoms with Gasteiger partial charge in [-0.05, 0) is 38.4 Å². The predicted molar refractivity (Wildman–Crippen MR) is 74.8 cm³/mol. The van der Waals surface area contributed by atoms with Crippen molar-refractivity contribution >= 4 is 11.8 Å². The van der Waals surface area contributed by atoms with E-state index in [0.29, 0.717) is 5.56 Å². The summed E-state index contributed by atoms with van der Waals surface area (Å²) in [6, 6.07) is 1.98. The molecule has 1 fully saturated rings. The van der Waals surface area contributed by atoms with Crippen molar-refractivity contribution in [1.82, 2.24) is 10.3 Å². The van der Waals surface area contributed by atoms with Crippen molar-refractivity contribution < 1.29 is 9.53 Å². The van der Waals surface area contributed by atoms with E-state index in [0.717, 1.165) is 49.7 Å². The Morgan fingerprint density at radius 3 is 2.84 bits per heavy atom. The van der Waals surface area contributed by atoms with Gasteiger partial charge >= 0.3 is 5.97 Å². The first kappa shape index (κ1) is 13.8. The maximum absolute atomic E-state index is 11.7. The zero-order chi connectivity index (χ0) is 13.8. The number of carbonyl (C=O) groups excluding carboxylic acids is 1. The quantitative estimate of drug-likeness (QED) is 0.815. The number of pyridine rings is 1. The van der Waals surface area contributed by atoms with Crippen LogP contribution in [0.5, 0.6) is 0 Å². The number of anilines is 1. The Bertz CT molecular complexity index is 443. The van der Waals surface area contributed by atoms with E-state index in [4.69, 9.17) is 4.74 Å². The van der Waals surface area contributed by atoms with Gasteiger partial charge in [0.05, 0.1) is 18.4 Å². The largest absolute Gasteiger partial charge is 0.465 e. The monoisotopic (exact) mass is 263 g/mol. The number of aromatic nitrogens is 1. The normalized spacial score (nSPS) is 16.1. The van der Waals surface area contributed by atoms with E-state index in [1.54, 1.807) is 0 Å². The summed E-state index contributed by atoms with van der Waals surface area (Å²) in [7, 11) is 1.40. The molecule has 1 aromatic heterocycles. The van der Waals surface area contributed by atoms with Crippen LogP contribution in [0.25, 0.3) is 0 Å². The van der Waals surface area contributed by atoms with Crippen LogP contribution in [0.4, 0.5) is 5.82 Å². The van der Waals surface area contributed by atoms with Crippen LogP contribution in [0.2, 0.25) is 0 Å². The van der Waals surface area contributed by atoms with Crippen molar-refractivity contribution in [1.29, 1.82) is 0 Å². The van der Waals surface area contributed by atoms with Crippen LogP contribution < -0.4 is 10.2 Å². The minimum absolute atomic E-state index is 0.313. The molecule has 0 aromatic carbocycles. The Morgan fingerprint density at radius 1 is 1.37 bits per heavy atom. The van der Waals surface area contributed by atoms with Crippen molar-refractivity contribution in [2.45, 2.75) is 20.3 Å². The molecule has 0 bridgehead atoms. The lowest BCUT2D eigenvalue weighted by Gasteiger charge is -2.22. The highest BCUT2D eigenvalue weighted by Gasteiger charge is 2.18. The number of nitrogens with zero attached hydrogens (tertiary/aromatic N) is 2. The lowest BCUT2D eigenvalue weighted by molar-refractivity contribution is 0.0598. The van der Waals surface area contributed by atoms with Gasteiger partial charge in [0.25, 0.3) is 0 Å². The first-order valence-corrected chi connectivity index (χ1v) is 6.65. The molecule has 19 heavy (non-hydrogen) atoms. The summed E-state index contributed by atoms with van der Waals surface area (Å²) >= 11 is 0. The number of esters is 1. The highest BCUT2D eigenvalue weighted by Crippen LogP contribution is 2.20. The number of ether oxygens (including phenoxy) is 1. The second-order valence-corrected chi connectivity index (χ2v) is 4.84. The molecule has 1 saturated heterocycles. The number of carbonyl (C=O) groups is 1. The third kappa shape index (κ3) is 3.04. The van der Waals surface area contributed by atoms with E-state index in [1.807, 2.05) is 19.9 Å². The molecular weight excluding hydrogens is 242 g/mol. The smallest absolute Gasteiger partial charge is 0.339 e. The molecule has 0 spiro atoms. The fraction of sp³-hybridized carbons (Fsp3) is 0.571. The van der Waals surface area contributed by atoms with Gasteiger partial charge in [0.1, 0.15) is 5.82 Å². The molecule has 0 amide bonds. The summed E-state index contributed by atoms with van der Waals surface area (Å²) in [6.07, 6.45) is 1.11. The third-order valence-electron chi connectivity index (χ3n) is 3.44. The Balaban J connectivity index is 2.30. The zero-order valence-corrected chi connectivity index (χ0v) is 11.8. The summed E-state index contributed by atoms with van der Waals surface area (Å²) in [5.41, 5.74) is 2.24. The zero-order valence-electron chi connectivity index (χ0n) is 11.8. The Labute approximate surface area is 114 Å². The molecule has 0 aliphatic carbocycles. The SMILES string of the molecule is COC(=O)c1c(C)cc(N2CCCNCC2)nc1C. The average molecular weight is 263 g/mol. The van der Waals surface area contributed by atoms with E-state index < -0.39 is 0 Å². The van der Waals surface area contributed by atoms with Crippen molar-refractivity contribution in [3.63, 3.8) is 0 Å². The van der Waals surface area contributed by atoms with Crippen LogP contribution in [0, 0.1) is 13.8 Å². The summed E-state index contributed by atoms with van der Waals surface area (Å²) in [6.45, 7) is 7.76. The number of methoxy groups -OCH3 is 1. The molecule has 1 aliphatic heterocycles. The van der Waals surface area contributed by atoms with Gasteiger partial charge in [-0.15, -0.1) is 0 Å². The van der Waals surface area contributed by atoms with E-state index in [9.17, 15) is 4.79 Å². The maximum atomic E-state index is 11.7. The Kier molecular flexibility index (Phi) is 4.37. The fourth-order valence-electron chi connectivity index (χ4n) is 2.46. The standard InChI is InChI=1S/C14H21N3O2/c1-10-9-12(17-7-4-5-15-6-8-17)16-11(2)13(10)14(18)19-3/h9,15H,4-8H2,1-3H3. The van der Waals surface area contributed by atoms with Crippen LogP contribution in [0.3, 0.4) is 0 Å². The molecule has 2 rings (SSSR count). The molecule has 1 N–H and O–H groups in total. The highest BCUT2D eigenvalue weighted by atomic mass is 16.5.